The van der Waals surface area contributed by atoms with Crippen molar-refractivity contribution in [2.75, 3.05) is 63.9 Å². The van der Waals surface area contributed by atoms with Crippen molar-refractivity contribution < 1.29 is 18.3 Å². The Bertz CT molecular complexity index is 945. The number of halogens is 2. The van der Waals surface area contributed by atoms with Gasteiger partial charge in [0.25, 0.3) is 0 Å². The summed E-state index contributed by atoms with van der Waals surface area (Å²) in [4.78, 5) is 19.7. The van der Waals surface area contributed by atoms with Crippen LogP contribution in [0.4, 0.5) is 14.5 Å². The highest BCUT2D eigenvalue weighted by molar-refractivity contribution is 5.96. The molecule has 2 aliphatic heterocycles. The van der Waals surface area contributed by atoms with Crippen LogP contribution < -0.4 is 4.90 Å². The lowest BCUT2D eigenvalue weighted by Crippen LogP contribution is -2.50. The van der Waals surface area contributed by atoms with Crippen LogP contribution in [0.15, 0.2) is 42.5 Å². The number of hydrogen-bond donors (Lipinski definition) is 0. The summed E-state index contributed by atoms with van der Waals surface area (Å²) >= 11 is 0. The van der Waals surface area contributed by atoms with Gasteiger partial charge in [-0.1, -0.05) is 25.1 Å². The maximum atomic E-state index is 14.3. The number of piperazine rings is 1. The van der Waals surface area contributed by atoms with Gasteiger partial charge < -0.3 is 9.64 Å². The Balaban J connectivity index is 1.42. The molecule has 2 heterocycles. The molecule has 0 spiro atoms. The lowest BCUT2D eigenvalue weighted by Gasteiger charge is -2.35. The molecule has 5 nitrogen and oxygen atoms in total. The fraction of sp³-hybridized carbons (Fsp3) is 0.519. The molecule has 0 radical (unpaired) electrons. The molecule has 1 amide bonds. The number of hydrogen-bond acceptors (Lipinski definition) is 4. The summed E-state index contributed by atoms with van der Waals surface area (Å²) in [6.07, 6.45) is 2.66. The van der Waals surface area contributed by atoms with Crippen molar-refractivity contribution >= 4 is 11.6 Å². The molecule has 34 heavy (non-hydrogen) atoms. The molecule has 7 heteroatoms. The largest absolute Gasteiger partial charge is 0.380 e. The third-order valence-corrected chi connectivity index (χ3v) is 6.83. The van der Waals surface area contributed by atoms with Crippen molar-refractivity contribution in [2.45, 2.75) is 32.1 Å². The van der Waals surface area contributed by atoms with Gasteiger partial charge >= 0.3 is 0 Å². The summed E-state index contributed by atoms with van der Waals surface area (Å²) in [6, 6.07) is 11.2. The van der Waals surface area contributed by atoms with Crippen molar-refractivity contribution in [2.24, 2.45) is 0 Å². The van der Waals surface area contributed by atoms with E-state index in [-0.39, 0.29) is 23.5 Å². The zero-order chi connectivity index (χ0) is 23.9. The second kappa shape index (κ2) is 11.9. The molecule has 0 aromatic heterocycles. The highest BCUT2D eigenvalue weighted by Gasteiger charge is 2.29. The van der Waals surface area contributed by atoms with Crippen LogP contribution in [-0.4, -0.2) is 74.7 Å². The highest BCUT2D eigenvalue weighted by atomic mass is 19.1. The van der Waals surface area contributed by atoms with Gasteiger partial charge in [-0.05, 0) is 54.7 Å². The smallest absolute Gasteiger partial charge is 0.241 e. The van der Waals surface area contributed by atoms with Crippen LogP contribution in [0, 0.1) is 11.6 Å². The number of benzene rings is 2. The minimum Gasteiger partial charge on any atom is -0.380 e. The van der Waals surface area contributed by atoms with E-state index in [9.17, 15) is 13.6 Å². The average molecular weight is 472 g/mol. The van der Waals surface area contributed by atoms with Crippen molar-refractivity contribution in [3.63, 3.8) is 0 Å². The first-order valence-corrected chi connectivity index (χ1v) is 12.4. The van der Waals surface area contributed by atoms with Crippen LogP contribution in [0.1, 0.15) is 43.2 Å². The highest BCUT2D eigenvalue weighted by Crippen LogP contribution is 2.39. The van der Waals surface area contributed by atoms with Crippen LogP contribution in [0.5, 0.6) is 0 Å². The second-order valence-corrected chi connectivity index (χ2v) is 9.23. The predicted molar refractivity (Wildman–Crippen MR) is 130 cm³/mol. The van der Waals surface area contributed by atoms with Crippen LogP contribution in [0.2, 0.25) is 0 Å². The standard InChI is InChI=1S/C27H35F2N3O2/c1-2-17-34-18-16-30-12-14-31(15-13-30)20-27(33)32-11-3-4-24(21-5-7-22(28)8-6-21)25-10-9-23(29)19-26(25)32/h5-10,19,24H,2-4,11-18,20H2,1H3/t24-/m0/s1. The monoisotopic (exact) mass is 471 g/mol. The summed E-state index contributed by atoms with van der Waals surface area (Å²) in [7, 11) is 0. The van der Waals surface area contributed by atoms with E-state index in [1.165, 1.54) is 24.3 Å². The van der Waals surface area contributed by atoms with Gasteiger partial charge in [0.2, 0.25) is 5.91 Å². The fourth-order valence-electron chi connectivity index (χ4n) is 4.96. The van der Waals surface area contributed by atoms with E-state index in [1.54, 1.807) is 23.1 Å². The molecule has 1 saturated heterocycles. The third-order valence-electron chi connectivity index (χ3n) is 6.83. The van der Waals surface area contributed by atoms with Crippen molar-refractivity contribution in [3.8, 4) is 0 Å². The number of carbonyl (C=O) groups excluding carboxylic acids is 1. The van der Waals surface area contributed by atoms with Crippen molar-refractivity contribution in [3.05, 3.63) is 65.2 Å². The summed E-state index contributed by atoms with van der Waals surface area (Å²) < 4.78 is 33.4. The minimum absolute atomic E-state index is 0.00587. The zero-order valence-corrected chi connectivity index (χ0v) is 20.0. The van der Waals surface area contributed by atoms with E-state index in [4.69, 9.17) is 4.74 Å². The Labute approximate surface area is 201 Å². The van der Waals surface area contributed by atoms with Crippen LogP contribution in [-0.2, 0) is 9.53 Å². The van der Waals surface area contributed by atoms with Gasteiger partial charge in [-0.15, -0.1) is 0 Å². The number of amides is 1. The summed E-state index contributed by atoms with van der Waals surface area (Å²) in [5.41, 5.74) is 2.56. The molecule has 1 fully saturated rings. The third kappa shape index (κ3) is 6.20. The lowest BCUT2D eigenvalue weighted by atomic mass is 9.87. The molecule has 0 unspecified atom stereocenters. The Kier molecular flexibility index (Phi) is 8.64. The maximum absolute atomic E-state index is 14.3. The Morgan fingerprint density at radius 1 is 0.941 bits per heavy atom. The molecule has 0 aliphatic carbocycles. The van der Waals surface area contributed by atoms with E-state index in [0.29, 0.717) is 18.8 Å². The van der Waals surface area contributed by atoms with Gasteiger partial charge in [-0.2, -0.15) is 0 Å². The number of rotatable bonds is 8. The molecule has 0 saturated carbocycles. The molecular formula is C27H35F2N3O2. The first kappa shape index (κ1) is 24.8. The van der Waals surface area contributed by atoms with Crippen LogP contribution in [0.3, 0.4) is 0 Å². The number of fused-ring (bicyclic) bond motifs is 1. The fourth-order valence-corrected chi connectivity index (χ4v) is 4.96. The Morgan fingerprint density at radius 2 is 1.65 bits per heavy atom. The number of nitrogens with zero attached hydrogens (tertiary/aromatic N) is 3. The van der Waals surface area contributed by atoms with Gasteiger partial charge in [0.15, 0.2) is 0 Å². The summed E-state index contributed by atoms with van der Waals surface area (Å²) in [5.74, 6) is -0.615. The van der Waals surface area contributed by atoms with Gasteiger partial charge in [0, 0.05) is 51.8 Å². The van der Waals surface area contributed by atoms with Gasteiger partial charge in [-0.3, -0.25) is 14.6 Å². The minimum atomic E-state index is -0.352. The first-order valence-electron chi connectivity index (χ1n) is 12.4. The van der Waals surface area contributed by atoms with E-state index in [0.717, 1.165) is 76.3 Å². The summed E-state index contributed by atoms with van der Waals surface area (Å²) in [5, 5.41) is 0. The average Bonchev–Trinajstić information content (AvgIpc) is 3.03. The maximum Gasteiger partial charge on any atom is 0.241 e. The zero-order valence-electron chi connectivity index (χ0n) is 20.0. The molecule has 184 valence electrons. The van der Waals surface area contributed by atoms with Gasteiger partial charge in [0.1, 0.15) is 11.6 Å². The number of ether oxygens (including phenoxy) is 1. The van der Waals surface area contributed by atoms with Crippen LogP contribution >= 0.6 is 0 Å². The topological polar surface area (TPSA) is 36.0 Å². The van der Waals surface area contributed by atoms with Crippen molar-refractivity contribution in [1.29, 1.82) is 0 Å². The van der Waals surface area contributed by atoms with Crippen LogP contribution in [0.25, 0.3) is 0 Å². The molecular weight excluding hydrogens is 436 g/mol. The number of carbonyl (C=O) groups is 1. The first-order chi connectivity index (χ1) is 16.5. The molecule has 2 aromatic carbocycles. The number of anilines is 1. The van der Waals surface area contributed by atoms with E-state index in [2.05, 4.69) is 16.7 Å². The molecule has 0 N–H and O–H groups in total. The normalized spacial score (nSPS) is 19.6. The van der Waals surface area contributed by atoms with E-state index >= 15 is 0 Å². The molecule has 2 aliphatic rings. The van der Waals surface area contributed by atoms with Gasteiger partial charge in [-0.25, -0.2) is 8.78 Å². The quantitative estimate of drug-likeness (QED) is 0.539. The lowest BCUT2D eigenvalue weighted by molar-refractivity contribution is -0.120. The van der Waals surface area contributed by atoms with E-state index < -0.39 is 0 Å². The summed E-state index contributed by atoms with van der Waals surface area (Å²) in [6.45, 7) is 8.97. The molecule has 4 rings (SSSR count). The Hall–Kier alpha value is -2.35. The second-order valence-electron chi connectivity index (χ2n) is 9.23. The van der Waals surface area contributed by atoms with Gasteiger partial charge in [0.05, 0.1) is 18.8 Å². The molecule has 2 aromatic rings. The SMILES string of the molecule is CCCOCCN1CCN(CC(=O)N2CCC[C@@H](c3ccc(F)cc3)c3ccc(F)cc32)CC1. The van der Waals surface area contributed by atoms with E-state index in [1.807, 2.05) is 0 Å². The predicted octanol–water partition coefficient (Wildman–Crippen LogP) is 4.27. The van der Waals surface area contributed by atoms with Crippen molar-refractivity contribution in [1.82, 2.24) is 9.80 Å². The molecule has 1 atom stereocenters. The molecule has 0 bridgehead atoms. The Morgan fingerprint density at radius 3 is 2.38 bits per heavy atom.